The van der Waals surface area contributed by atoms with Crippen LogP contribution in [-0.4, -0.2) is 40.1 Å². The number of methoxy groups -OCH3 is 1. The molecule has 0 aliphatic rings. The molecule has 8 nitrogen and oxygen atoms in total. The van der Waals surface area contributed by atoms with Gasteiger partial charge in [0.05, 0.1) is 11.5 Å². The molecule has 0 saturated heterocycles. The number of rotatable bonds is 7. The van der Waals surface area contributed by atoms with E-state index in [-0.39, 0.29) is 17.2 Å². The molecule has 9 heteroatoms. The molecule has 0 aromatic heterocycles. The van der Waals surface area contributed by atoms with Crippen LogP contribution in [0.5, 0.6) is 0 Å². The summed E-state index contributed by atoms with van der Waals surface area (Å²) in [6.07, 6.45) is 0. The van der Waals surface area contributed by atoms with Gasteiger partial charge in [0.2, 0.25) is 10.0 Å². The van der Waals surface area contributed by atoms with Crippen LogP contribution in [0.2, 0.25) is 0 Å². The highest BCUT2D eigenvalue weighted by atomic mass is 32.2. The molecule has 0 aliphatic carbocycles. The van der Waals surface area contributed by atoms with Gasteiger partial charge >= 0.3 is 5.69 Å². The summed E-state index contributed by atoms with van der Waals surface area (Å²) in [6, 6.07) is 3.58. The lowest BCUT2D eigenvalue weighted by molar-refractivity contribution is -0.386. The normalized spacial score (nSPS) is 12.9. The average Bonchev–Trinajstić information content (AvgIpc) is 2.37. The molecule has 0 heterocycles. The summed E-state index contributed by atoms with van der Waals surface area (Å²) < 4.78 is 31.6. The van der Waals surface area contributed by atoms with Crippen molar-refractivity contribution in [2.75, 3.05) is 26.1 Å². The summed E-state index contributed by atoms with van der Waals surface area (Å²) in [6.45, 7) is 1.77. The summed E-state index contributed by atoms with van der Waals surface area (Å²) in [5.41, 5.74) is -0.343. The topological polar surface area (TPSA) is 111 Å². The van der Waals surface area contributed by atoms with E-state index in [0.717, 1.165) is 0 Å². The molecule has 1 unspecified atom stereocenters. The predicted octanol–water partition coefficient (Wildman–Crippen LogP) is 0.950. The van der Waals surface area contributed by atoms with Gasteiger partial charge in [0.15, 0.2) is 4.90 Å². The number of para-hydroxylation sites is 1. The number of nitro benzene ring substituents is 1. The molecule has 1 rings (SSSR count). The highest BCUT2D eigenvalue weighted by Crippen LogP contribution is 2.31. The van der Waals surface area contributed by atoms with E-state index in [4.69, 9.17) is 4.74 Å². The number of anilines is 1. The van der Waals surface area contributed by atoms with Crippen LogP contribution in [0.4, 0.5) is 11.4 Å². The Morgan fingerprint density at radius 2 is 2.10 bits per heavy atom. The Morgan fingerprint density at radius 1 is 1.45 bits per heavy atom. The second-order valence-corrected chi connectivity index (χ2v) is 5.82. The van der Waals surface area contributed by atoms with Crippen molar-refractivity contribution in [1.29, 1.82) is 0 Å². The molecule has 0 aliphatic heterocycles. The standard InChI is InChI=1S/C11H17N3O5S/c1-8(7-19-3)13-20(17,18)10-6-4-5-9(12-2)11(10)14(15)16/h4-6,8,12-13H,7H2,1-3H3. The molecule has 1 aromatic carbocycles. The third-order valence-corrected chi connectivity index (χ3v) is 4.13. The van der Waals surface area contributed by atoms with E-state index in [1.165, 1.54) is 32.4 Å². The van der Waals surface area contributed by atoms with Crippen molar-refractivity contribution in [2.45, 2.75) is 17.9 Å². The first-order chi connectivity index (χ1) is 9.33. The number of hydrogen-bond donors (Lipinski definition) is 2. The molecule has 0 fully saturated rings. The third-order valence-electron chi connectivity index (χ3n) is 2.51. The fourth-order valence-electron chi connectivity index (χ4n) is 1.74. The minimum Gasteiger partial charge on any atom is -0.383 e. The van der Waals surface area contributed by atoms with Crippen molar-refractivity contribution >= 4 is 21.4 Å². The van der Waals surface area contributed by atoms with E-state index < -0.39 is 26.7 Å². The summed E-state index contributed by atoms with van der Waals surface area (Å²) in [5.74, 6) is 0. The highest BCUT2D eigenvalue weighted by Gasteiger charge is 2.29. The van der Waals surface area contributed by atoms with Gasteiger partial charge in [0, 0.05) is 20.2 Å². The molecular weight excluding hydrogens is 286 g/mol. The Bertz CT molecular complexity index is 588. The molecular formula is C11H17N3O5S. The molecule has 0 spiro atoms. The van der Waals surface area contributed by atoms with Gasteiger partial charge in [0.1, 0.15) is 5.69 Å². The van der Waals surface area contributed by atoms with E-state index >= 15 is 0 Å². The molecule has 0 saturated carbocycles. The minimum atomic E-state index is -4.00. The summed E-state index contributed by atoms with van der Waals surface area (Å²) in [7, 11) is -1.08. The van der Waals surface area contributed by atoms with Crippen LogP contribution in [0.3, 0.4) is 0 Å². The maximum atomic E-state index is 12.2. The van der Waals surface area contributed by atoms with Gasteiger partial charge in [-0.15, -0.1) is 0 Å². The smallest absolute Gasteiger partial charge is 0.312 e. The zero-order valence-electron chi connectivity index (χ0n) is 11.4. The molecule has 20 heavy (non-hydrogen) atoms. The van der Waals surface area contributed by atoms with Crippen LogP contribution in [0.15, 0.2) is 23.1 Å². The van der Waals surface area contributed by atoms with E-state index in [1.807, 2.05) is 0 Å². The van der Waals surface area contributed by atoms with Gasteiger partial charge in [-0.05, 0) is 19.1 Å². The molecule has 0 amide bonds. The van der Waals surface area contributed by atoms with Gasteiger partial charge in [-0.2, -0.15) is 0 Å². The SMILES string of the molecule is CNc1cccc(S(=O)(=O)NC(C)COC)c1[N+](=O)[O-]. The molecule has 1 atom stereocenters. The summed E-state index contributed by atoms with van der Waals surface area (Å²) >= 11 is 0. The fraction of sp³-hybridized carbons (Fsp3) is 0.455. The first kappa shape index (κ1) is 16.3. The Balaban J connectivity index is 3.28. The van der Waals surface area contributed by atoms with Gasteiger partial charge in [-0.25, -0.2) is 13.1 Å². The van der Waals surface area contributed by atoms with Gasteiger partial charge < -0.3 is 10.1 Å². The number of sulfonamides is 1. The van der Waals surface area contributed by atoms with Crippen molar-refractivity contribution in [3.05, 3.63) is 28.3 Å². The Labute approximate surface area is 117 Å². The lowest BCUT2D eigenvalue weighted by Gasteiger charge is -2.14. The first-order valence-electron chi connectivity index (χ1n) is 5.80. The van der Waals surface area contributed by atoms with Crippen molar-refractivity contribution in [3.8, 4) is 0 Å². The number of nitro groups is 1. The maximum Gasteiger partial charge on any atom is 0.312 e. The van der Waals surface area contributed by atoms with Crippen molar-refractivity contribution in [3.63, 3.8) is 0 Å². The van der Waals surface area contributed by atoms with Crippen LogP contribution < -0.4 is 10.0 Å². The van der Waals surface area contributed by atoms with E-state index in [2.05, 4.69) is 10.0 Å². The van der Waals surface area contributed by atoms with Gasteiger partial charge in [-0.3, -0.25) is 10.1 Å². The van der Waals surface area contributed by atoms with Crippen LogP contribution in [0, 0.1) is 10.1 Å². The van der Waals surface area contributed by atoms with E-state index in [0.29, 0.717) is 0 Å². The number of benzene rings is 1. The van der Waals surface area contributed by atoms with Gasteiger partial charge in [-0.1, -0.05) is 6.07 Å². The Hall–Kier alpha value is -1.71. The first-order valence-corrected chi connectivity index (χ1v) is 7.28. The number of nitrogens with one attached hydrogen (secondary N) is 2. The van der Waals surface area contributed by atoms with Crippen molar-refractivity contribution in [2.24, 2.45) is 0 Å². The number of nitrogens with zero attached hydrogens (tertiary/aromatic N) is 1. The van der Waals surface area contributed by atoms with Crippen LogP contribution in [-0.2, 0) is 14.8 Å². The number of ether oxygens (including phenoxy) is 1. The fourth-order valence-corrected chi connectivity index (χ4v) is 3.16. The predicted molar refractivity (Wildman–Crippen MR) is 74.3 cm³/mol. The summed E-state index contributed by atoms with van der Waals surface area (Å²) in [5, 5.41) is 13.7. The van der Waals surface area contributed by atoms with E-state index in [1.54, 1.807) is 6.92 Å². The third kappa shape index (κ3) is 3.65. The molecule has 0 bridgehead atoms. The van der Waals surface area contributed by atoms with E-state index in [9.17, 15) is 18.5 Å². The van der Waals surface area contributed by atoms with Crippen LogP contribution in [0.25, 0.3) is 0 Å². The zero-order chi connectivity index (χ0) is 15.3. The molecule has 1 aromatic rings. The Kier molecular flexibility index (Phi) is 5.43. The second-order valence-electron chi connectivity index (χ2n) is 4.14. The van der Waals surface area contributed by atoms with Gasteiger partial charge in [0.25, 0.3) is 0 Å². The Morgan fingerprint density at radius 3 is 2.60 bits per heavy atom. The molecule has 0 radical (unpaired) electrons. The largest absolute Gasteiger partial charge is 0.383 e. The lowest BCUT2D eigenvalue weighted by Crippen LogP contribution is -2.35. The average molecular weight is 303 g/mol. The van der Waals surface area contributed by atoms with Crippen molar-refractivity contribution < 1.29 is 18.1 Å². The highest BCUT2D eigenvalue weighted by molar-refractivity contribution is 7.89. The number of hydrogen-bond acceptors (Lipinski definition) is 6. The van der Waals surface area contributed by atoms with Crippen LogP contribution in [0.1, 0.15) is 6.92 Å². The summed E-state index contributed by atoms with van der Waals surface area (Å²) in [4.78, 5) is 10.0. The zero-order valence-corrected chi connectivity index (χ0v) is 12.2. The lowest BCUT2D eigenvalue weighted by atomic mass is 10.3. The quantitative estimate of drug-likeness (QED) is 0.573. The molecule has 2 N–H and O–H groups in total. The minimum absolute atomic E-state index is 0.136. The van der Waals surface area contributed by atoms with Crippen molar-refractivity contribution in [1.82, 2.24) is 4.72 Å². The monoisotopic (exact) mass is 303 g/mol. The maximum absolute atomic E-state index is 12.2. The second kappa shape index (κ2) is 6.64. The van der Waals surface area contributed by atoms with Crippen LogP contribution >= 0.6 is 0 Å². The molecule has 112 valence electrons.